The highest BCUT2D eigenvalue weighted by Gasteiger charge is 2.27. The van der Waals surface area contributed by atoms with Crippen molar-refractivity contribution < 1.29 is 36.9 Å². The molecule has 0 N–H and O–H groups in total. The Balaban J connectivity index is 0.000000178. The smallest absolute Gasteiger partial charge is 0.273 e. The lowest BCUT2D eigenvalue weighted by molar-refractivity contribution is -0.384. The first-order chi connectivity index (χ1) is 53.7. The molecule has 0 aliphatic heterocycles. The van der Waals surface area contributed by atoms with Gasteiger partial charge in [0.25, 0.3) is 23.4 Å². The molecular weight excluding hydrogens is 1510 g/mol. The molecule has 0 atom stereocenters. The zero-order valence-corrected chi connectivity index (χ0v) is 60.9. The molecular formula is C85H71BrF4N18O5. The van der Waals surface area contributed by atoms with Gasteiger partial charge in [-0.05, 0) is 127 Å². The first kappa shape index (κ1) is 81.2. The number of halogens is 5. The molecule has 5 aromatic heterocycles. The zero-order valence-electron chi connectivity index (χ0n) is 59.4. The largest absolute Gasteiger partial charge is 0.327 e. The van der Waals surface area contributed by atoms with Gasteiger partial charge in [-0.3, -0.25) is 24.5 Å². The van der Waals surface area contributed by atoms with E-state index in [1.807, 2.05) is 119 Å². The molecule has 0 fully saturated rings. The maximum absolute atomic E-state index is 14.6. The number of amides is 3. The molecule has 14 rings (SSSR count). The summed E-state index contributed by atoms with van der Waals surface area (Å²) in [6.45, 7) is 5.21. The number of nitro benzene ring substituents is 1. The fourth-order valence-electron chi connectivity index (χ4n) is 11.8. The van der Waals surface area contributed by atoms with Gasteiger partial charge in [0.2, 0.25) is 0 Å². The van der Waals surface area contributed by atoms with E-state index < -0.39 is 34.1 Å². The number of hydrogen-bond acceptors (Lipinski definition) is 16. The van der Waals surface area contributed by atoms with E-state index in [1.54, 1.807) is 102 Å². The molecule has 566 valence electrons. The molecule has 9 aromatic carbocycles. The Hall–Kier alpha value is -14.3. The summed E-state index contributed by atoms with van der Waals surface area (Å²) in [7, 11) is 0. The van der Waals surface area contributed by atoms with Crippen molar-refractivity contribution in [1.29, 1.82) is 15.8 Å². The number of para-hydroxylation sites is 2. The second-order valence-electron chi connectivity index (χ2n) is 25.5. The number of aromatic nitrogens is 11. The number of aryl methyl sites for hydroxylation is 2. The molecule has 0 unspecified atom stereocenters. The van der Waals surface area contributed by atoms with Crippen LogP contribution in [0.1, 0.15) is 125 Å². The standard InChI is InChI=1S/C29H22F2N6O.C28H21N7O3.C26H20BrF2N5O.2CH4/c1-19-34-35-28(37(19)16-21-8-6-20(15-32)7-9-21)18-36(17-23-10-12-24(30)14-25(23)31)29(38)27-13-11-22-4-2-3-5-26(22)33-27;29-15-20-5-7-21(8-6-20)17-34-19-30-32-27(34)18-33(16-22-9-12-24(13-10-22)35(37)38)28(36)26-14-11-23-3-1-2-4-25(23)31-26;1-17-2-7-20(10-23(17)27)26(35)33(14-21-8-9-22(28)11-24(21)29)15-25-32-31-16-34(25)13-19-5-3-18(12-30)4-6-19;;/h2-14H,16-18H2,1H3;1-14,19H,16-18H2;2-11,16H,13-15H2,1H3;2*1H4. The highest BCUT2D eigenvalue weighted by molar-refractivity contribution is 9.10. The number of pyridine rings is 2. The summed E-state index contributed by atoms with van der Waals surface area (Å²) >= 11 is 3.45. The van der Waals surface area contributed by atoms with Crippen molar-refractivity contribution in [3.8, 4) is 18.2 Å². The number of fused-ring (bicyclic) bond motifs is 2. The van der Waals surface area contributed by atoms with Gasteiger partial charge in [0, 0.05) is 75.8 Å². The maximum Gasteiger partial charge on any atom is 0.273 e. The van der Waals surface area contributed by atoms with E-state index in [1.165, 1.54) is 34.1 Å². The van der Waals surface area contributed by atoms with Crippen molar-refractivity contribution in [1.82, 2.24) is 69.0 Å². The van der Waals surface area contributed by atoms with Crippen molar-refractivity contribution in [2.45, 2.75) is 87.6 Å². The van der Waals surface area contributed by atoms with E-state index in [4.69, 9.17) is 15.8 Å². The fraction of sp³-hybridized carbons (Fsp3) is 0.153. The number of nitro groups is 1. The van der Waals surface area contributed by atoms with Gasteiger partial charge in [-0.15, -0.1) is 30.6 Å². The molecule has 0 saturated carbocycles. The average molecular weight is 1580 g/mol. The Kier molecular flexibility index (Phi) is 27.1. The minimum atomic E-state index is -0.746. The molecule has 0 saturated heterocycles. The van der Waals surface area contributed by atoms with Crippen LogP contribution in [-0.4, -0.2) is 91.6 Å². The van der Waals surface area contributed by atoms with Crippen LogP contribution in [0.25, 0.3) is 21.8 Å². The molecule has 0 bridgehead atoms. The van der Waals surface area contributed by atoms with E-state index in [-0.39, 0.29) is 94.1 Å². The van der Waals surface area contributed by atoms with Crippen LogP contribution < -0.4 is 0 Å². The summed E-state index contributed by atoms with van der Waals surface area (Å²) in [4.78, 5) is 65.0. The molecule has 3 amide bonds. The number of hydrogen-bond donors (Lipinski definition) is 0. The van der Waals surface area contributed by atoms with Crippen LogP contribution in [-0.2, 0) is 58.9 Å². The van der Waals surface area contributed by atoms with Gasteiger partial charge in [-0.25, -0.2) is 27.5 Å². The number of nitriles is 3. The summed E-state index contributed by atoms with van der Waals surface area (Å²) in [6.07, 6.45) is 3.15. The lowest BCUT2D eigenvalue weighted by Gasteiger charge is -2.23. The van der Waals surface area contributed by atoms with Gasteiger partial charge >= 0.3 is 0 Å². The molecule has 0 aliphatic rings. The predicted octanol–water partition coefficient (Wildman–Crippen LogP) is 16.3. The Bertz CT molecular complexity index is 5880. The zero-order chi connectivity index (χ0) is 78.1. The summed E-state index contributed by atoms with van der Waals surface area (Å²) in [5.41, 5.74) is 8.76. The highest BCUT2D eigenvalue weighted by Crippen LogP contribution is 2.26. The average Bonchev–Trinajstić information content (AvgIpc) is 1.52. The minimum absolute atomic E-state index is 0. The van der Waals surface area contributed by atoms with Gasteiger partial charge < -0.3 is 28.4 Å². The van der Waals surface area contributed by atoms with Crippen molar-refractivity contribution in [2.24, 2.45) is 0 Å². The SMILES string of the molecule is C.C.Cc1ccc(C(=O)N(Cc2ccc(F)cc2F)Cc2nncn2Cc2ccc(C#N)cc2)cc1Br.Cc1nnc(CN(Cc2ccc(F)cc2F)C(=O)c2ccc3ccccc3n2)n1Cc1ccc(C#N)cc1.N#Cc1ccc(Cn2cnnc2CN(Cc2ccc([N+](=O)[O-])cc2)C(=O)c2ccc3ccccc3n2)cc1. The Morgan fingerprint density at radius 2 is 0.885 bits per heavy atom. The van der Waals surface area contributed by atoms with Crippen molar-refractivity contribution in [3.63, 3.8) is 0 Å². The van der Waals surface area contributed by atoms with Crippen molar-refractivity contribution in [2.75, 3.05) is 0 Å². The molecule has 14 aromatic rings. The van der Waals surface area contributed by atoms with Gasteiger partial charge in [0.15, 0.2) is 17.5 Å². The number of benzene rings is 9. The number of nitrogens with zero attached hydrogens (tertiary/aromatic N) is 18. The second kappa shape index (κ2) is 37.7. The first-order valence-electron chi connectivity index (χ1n) is 34.3. The van der Waals surface area contributed by atoms with E-state index in [0.29, 0.717) is 76.2 Å². The quantitative estimate of drug-likeness (QED) is 0.0346. The molecule has 5 heterocycles. The molecule has 0 radical (unpaired) electrons. The van der Waals surface area contributed by atoms with E-state index in [2.05, 4.69) is 74.7 Å². The van der Waals surface area contributed by atoms with E-state index >= 15 is 0 Å². The highest BCUT2D eigenvalue weighted by atomic mass is 79.9. The Morgan fingerprint density at radius 1 is 0.460 bits per heavy atom. The van der Waals surface area contributed by atoms with Crippen LogP contribution in [0, 0.1) is 81.2 Å². The van der Waals surface area contributed by atoms with Crippen LogP contribution in [0.15, 0.2) is 242 Å². The van der Waals surface area contributed by atoms with Crippen LogP contribution in [0.4, 0.5) is 23.2 Å². The van der Waals surface area contributed by atoms with Crippen LogP contribution in [0.2, 0.25) is 0 Å². The molecule has 28 heteroatoms. The van der Waals surface area contributed by atoms with Crippen molar-refractivity contribution in [3.05, 3.63) is 371 Å². The monoisotopic (exact) mass is 1580 g/mol. The first-order valence-corrected chi connectivity index (χ1v) is 35.1. The summed E-state index contributed by atoms with van der Waals surface area (Å²) in [5.74, 6) is -1.74. The molecule has 23 nitrogen and oxygen atoms in total. The van der Waals surface area contributed by atoms with Gasteiger partial charge in [-0.1, -0.05) is 146 Å². The van der Waals surface area contributed by atoms with Gasteiger partial charge in [0.1, 0.15) is 53.1 Å². The molecule has 0 aliphatic carbocycles. The normalized spacial score (nSPS) is 10.6. The summed E-state index contributed by atoms with van der Waals surface area (Å²) in [6, 6.07) is 67.7. The number of carbonyl (C=O) groups excluding carboxylic acids is 3. The van der Waals surface area contributed by atoms with Crippen molar-refractivity contribution >= 4 is 61.1 Å². The summed E-state index contributed by atoms with van der Waals surface area (Å²) in [5, 5.41) is 64.9. The third kappa shape index (κ3) is 20.7. The van der Waals surface area contributed by atoms with E-state index in [9.17, 15) is 42.1 Å². The second-order valence-corrected chi connectivity index (χ2v) is 26.4. The molecule has 0 spiro atoms. The van der Waals surface area contributed by atoms with Crippen LogP contribution >= 0.6 is 15.9 Å². The number of non-ortho nitro benzene ring substituents is 1. The van der Waals surface area contributed by atoms with Crippen LogP contribution in [0.3, 0.4) is 0 Å². The summed E-state index contributed by atoms with van der Waals surface area (Å²) < 4.78 is 62.3. The topological polar surface area (TPSA) is 293 Å². The lowest BCUT2D eigenvalue weighted by Crippen LogP contribution is -2.32. The lowest BCUT2D eigenvalue weighted by atomic mass is 10.1. The Morgan fingerprint density at radius 3 is 1.33 bits per heavy atom. The number of carbonyl (C=O) groups is 3. The van der Waals surface area contributed by atoms with Crippen LogP contribution in [0.5, 0.6) is 0 Å². The number of rotatable bonds is 22. The Labute approximate surface area is 655 Å². The third-order valence-corrected chi connectivity index (χ3v) is 18.7. The van der Waals surface area contributed by atoms with E-state index in [0.717, 1.165) is 67.3 Å². The molecule has 113 heavy (non-hydrogen) atoms. The third-order valence-electron chi connectivity index (χ3n) is 17.9. The minimum Gasteiger partial charge on any atom is -0.327 e. The van der Waals surface area contributed by atoms with Gasteiger partial charge in [-0.2, -0.15) is 15.8 Å². The predicted molar refractivity (Wildman–Crippen MR) is 418 cm³/mol. The van der Waals surface area contributed by atoms with Gasteiger partial charge in [0.05, 0.1) is 90.1 Å². The maximum atomic E-state index is 14.6. The fourth-order valence-corrected chi connectivity index (χ4v) is 12.2.